The van der Waals surface area contributed by atoms with Gasteiger partial charge >= 0.3 is 5.69 Å². The number of hydrogen-bond donors (Lipinski definition) is 5. The number of nitrogens with zero attached hydrogens (tertiary/aromatic N) is 2. The number of H-pyrrole nitrogens is 1. The van der Waals surface area contributed by atoms with Crippen LogP contribution < -0.4 is 22.1 Å². The highest BCUT2D eigenvalue weighted by Crippen LogP contribution is 2.33. The largest absolute Gasteiger partial charge is 0.374 e. The van der Waals surface area contributed by atoms with E-state index in [0.717, 1.165) is 35.1 Å². The molecule has 0 bridgehead atoms. The first-order valence-electron chi connectivity index (χ1n) is 15.0. The van der Waals surface area contributed by atoms with Gasteiger partial charge in [-0.1, -0.05) is 18.0 Å². The Balaban J connectivity index is 1.40. The second-order valence-electron chi connectivity index (χ2n) is 11.6. The van der Waals surface area contributed by atoms with Crippen LogP contribution in [0.2, 0.25) is 5.02 Å². The molecule has 0 spiro atoms. The van der Waals surface area contributed by atoms with Crippen LogP contribution in [0.15, 0.2) is 41.3 Å². The molecule has 240 valence electrons. The second-order valence-corrected chi connectivity index (χ2v) is 12.0. The lowest BCUT2D eigenvalue weighted by atomic mass is 9.91. The summed E-state index contributed by atoms with van der Waals surface area (Å²) in [5.74, 6) is -1.86. The zero-order valence-electron chi connectivity index (χ0n) is 24.8. The molecule has 5 rings (SSSR count). The molecule has 2 aromatic heterocycles. The predicted molar refractivity (Wildman–Crippen MR) is 168 cm³/mol. The van der Waals surface area contributed by atoms with E-state index in [9.17, 15) is 9.18 Å². The Morgan fingerprint density at radius 1 is 1.20 bits per heavy atom. The summed E-state index contributed by atoms with van der Waals surface area (Å²) in [5.41, 5.74) is 6.15. The third-order valence-corrected chi connectivity index (χ3v) is 8.46. The molecule has 0 unspecified atom stereocenters. The molecule has 2 aromatic carbocycles. The quantitative estimate of drug-likeness (QED) is 0.0751. The molecular weight excluding hydrogens is 610 g/mol. The van der Waals surface area contributed by atoms with Gasteiger partial charge in [0, 0.05) is 47.4 Å². The van der Waals surface area contributed by atoms with Crippen molar-refractivity contribution in [1.82, 2.24) is 25.2 Å². The average Bonchev–Trinajstić information content (AvgIpc) is 3.40. The molecule has 0 amide bonds. The van der Waals surface area contributed by atoms with Crippen LogP contribution in [0, 0.1) is 22.9 Å². The van der Waals surface area contributed by atoms with Crippen LogP contribution >= 0.6 is 11.6 Å². The third kappa shape index (κ3) is 7.57. The summed E-state index contributed by atoms with van der Waals surface area (Å²) in [5, 5.41) is 14.1. The Morgan fingerprint density at radius 2 is 1.96 bits per heavy atom. The molecule has 8 nitrogen and oxygen atoms in total. The van der Waals surface area contributed by atoms with E-state index in [1.165, 1.54) is 12.3 Å². The Kier molecular flexibility index (Phi) is 10.3. The predicted octanol–water partition coefficient (Wildman–Crippen LogP) is 6.23. The highest BCUT2D eigenvalue weighted by molar-refractivity contribution is 6.31. The van der Waals surface area contributed by atoms with Gasteiger partial charge in [0.05, 0.1) is 22.2 Å². The Bertz CT molecular complexity index is 1730. The monoisotopic (exact) mass is 645 g/mol. The second kappa shape index (κ2) is 14.1. The Hall–Kier alpha value is -3.74. The smallest absolute Gasteiger partial charge is 0.354 e. The normalized spacial score (nSPS) is 17.5. The summed E-state index contributed by atoms with van der Waals surface area (Å²) in [6.07, 6.45) is 5.90. The lowest BCUT2D eigenvalue weighted by Crippen LogP contribution is -2.40. The lowest BCUT2D eigenvalue weighted by Gasteiger charge is -2.32. The summed E-state index contributed by atoms with van der Waals surface area (Å²) < 4.78 is 59.8. The number of benzene rings is 2. The van der Waals surface area contributed by atoms with Crippen molar-refractivity contribution in [3.63, 3.8) is 0 Å². The first-order chi connectivity index (χ1) is 21.5. The summed E-state index contributed by atoms with van der Waals surface area (Å²) in [7, 11) is 0. The molecule has 1 aliphatic rings. The Labute approximate surface area is 262 Å². The summed E-state index contributed by atoms with van der Waals surface area (Å²) in [6.45, 7) is 1.63. The molecule has 1 fully saturated rings. The van der Waals surface area contributed by atoms with Crippen molar-refractivity contribution in [2.75, 3.05) is 13.2 Å². The van der Waals surface area contributed by atoms with Gasteiger partial charge in [-0.2, -0.15) is 4.98 Å². The molecule has 45 heavy (non-hydrogen) atoms. The zero-order valence-corrected chi connectivity index (χ0v) is 25.6. The number of alkyl halides is 1. The van der Waals surface area contributed by atoms with E-state index in [4.69, 9.17) is 22.7 Å². The van der Waals surface area contributed by atoms with Crippen molar-refractivity contribution >= 4 is 28.5 Å². The third-order valence-electron chi connectivity index (χ3n) is 8.18. The van der Waals surface area contributed by atoms with Gasteiger partial charge < -0.3 is 21.4 Å². The van der Waals surface area contributed by atoms with Crippen molar-refractivity contribution in [2.24, 2.45) is 5.73 Å². The summed E-state index contributed by atoms with van der Waals surface area (Å²) in [6, 6.07) is 5.91. The number of amidine groups is 1. The Morgan fingerprint density at radius 3 is 2.67 bits per heavy atom. The molecule has 1 saturated heterocycles. The fourth-order valence-corrected chi connectivity index (χ4v) is 6.15. The van der Waals surface area contributed by atoms with Gasteiger partial charge in [0.1, 0.15) is 24.0 Å². The van der Waals surface area contributed by atoms with Gasteiger partial charge in [0.15, 0.2) is 5.82 Å². The fourth-order valence-electron chi connectivity index (χ4n) is 5.91. The summed E-state index contributed by atoms with van der Waals surface area (Å²) in [4.78, 5) is 20.0. The minimum Gasteiger partial charge on any atom is -0.374 e. The first-order valence-corrected chi connectivity index (χ1v) is 15.4. The number of aromatic amines is 1. The topological polar surface area (TPSA) is 125 Å². The van der Waals surface area contributed by atoms with Crippen molar-refractivity contribution in [2.45, 2.75) is 70.0 Å². The van der Waals surface area contributed by atoms with Crippen LogP contribution in [-0.2, 0) is 6.42 Å². The highest BCUT2D eigenvalue weighted by atomic mass is 35.5. The maximum Gasteiger partial charge on any atom is 0.354 e. The van der Waals surface area contributed by atoms with Crippen LogP contribution in [-0.4, -0.2) is 45.7 Å². The van der Waals surface area contributed by atoms with Gasteiger partial charge in [0.25, 0.3) is 0 Å². The van der Waals surface area contributed by atoms with Crippen LogP contribution in [0.4, 0.5) is 17.6 Å². The molecular formula is C32H36ClF4N7O. The lowest BCUT2D eigenvalue weighted by molar-refractivity contribution is 0.300. The standard InChI is InChI=1S/C32H36ClF4N7O/c1-17(38)40-9-8-21-6-3-7-27(41-21)29-25(35)13-22(14-26(29)36)44-16-19-12-28(42-31(19)43-32(44)45)23-10-18(11-24(33)30(23)37)4-2-5-20(39)15-34/h10-14,16,20-21,27,41H,2-9,15,39H2,1H3,(H2,38,40)(H,42,43,45)/t20-,21+,27+/m1/s1. The van der Waals surface area contributed by atoms with Crippen LogP contribution in [0.1, 0.15) is 62.6 Å². The van der Waals surface area contributed by atoms with E-state index in [1.54, 1.807) is 19.1 Å². The number of hydrogen-bond acceptors (Lipinski definition) is 5. The average molecular weight is 646 g/mol. The van der Waals surface area contributed by atoms with Crippen molar-refractivity contribution in [1.29, 1.82) is 5.41 Å². The molecule has 0 aliphatic carbocycles. The number of halogens is 5. The van der Waals surface area contributed by atoms with E-state index >= 15 is 13.2 Å². The fraction of sp³-hybridized carbons (Fsp3) is 0.406. The zero-order chi connectivity index (χ0) is 32.2. The van der Waals surface area contributed by atoms with E-state index in [0.29, 0.717) is 55.6 Å². The van der Waals surface area contributed by atoms with E-state index in [2.05, 4.69) is 20.6 Å². The molecule has 3 atom stereocenters. The highest BCUT2D eigenvalue weighted by Gasteiger charge is 2.27. The number of nitrogens with one attached hydrogen (secondary N) is 4. The van der Waals surface area contributed by atoms with Crippen LogP contribution in [0.3, 0.4) is 0 Å². The van der Waals surface area contributed by atoms with Gasteiger partial charge in [-0.3, -0.25) is 9.98 Å². The van der Waals surface area contributed by atoms with Crippen LogP contribution in [0.25, 0.3) is 28.0 Å². The van der Waals surface area contributed by atoms with E-state index in [-0.39, 0.29) is 33.5 Å². The van der Waals surface area contributed by atoms with Crippen molar-refractivity contribution in [3.05, 3.63) is 80.6 Å². The minimum absolute atomic E-state index is 0.0309. The first kappa shape index (κ1) is 32.6. The summed E-state index contributed by atoms with van der Waals surface area (Å²) >= 11 is 6.18. The number of aryl methyl sites for hydroxylation is 1. The molecule has 0 radical (unpaired) electrons. The molecule has 4 aromatic rings. The molecule has 3 heterocycles. The van der Waals surface area contributed by atoms with Crippen molar-refractivity contribution in [3.8, 4) is 16.9 Å². The maximum atomic E-state index is 15.5. The number of rotatable bonds is 11. The van der Waals surface area contributed by atoms with Gasteiger partial charge in [0.2, 0.25) is 0 Å². The number of fused-ring (bicyclic) bond motifs is 1. The SMILES string of the molecule is CC(=N)NCC[C@@H]1CCC[C@@H](c2c(F)cc(-n3cc4cc(-c5cc(CCC[C@@H](N)CF)cc(Cl)c5F)[nH]c4nc3=O)cc2F)N1. The van der Waals surface area contributed by atoms with Crippen LogP contribution in [0.5, 0.6) is 0 Å². The van der Waals surface area contributed by atoms with Crippen molar-refractivity contribution < 1.29 is 17.6 Å². The van der Waals surface area contributed by atoms with E-state index < -0.39 is 41.9 Å². The molecule has 13 heteroatoms. The van der Waals surface area contributed by atoms with Gasteiger partial charge in [-0.15, -0.1) is 0 Å². The minimum atomic E-state index is -0.778. The number of nitrogens with two attached hydrogens (primary N) is 1. The molecule has 6 N–H and O–H groups in total. The number of piperidine rings is 1. The molecule has 1 aliphatic heterocycles. The maximum absolute atomic E-state index is 15.5. The van der Waals surface area contributed by atoms with E-state index in [1.807, 2.05) is 0 Å². The molecule has 0 saturated carbocycles. The van der Waals surface area contributed by atoms with Gasteiger partial charge in [-0.25, -0.2) is 22.4 Å². The van der Waals surface area contributed by atoms with Gasteiger partial charge in [-0.05, 0) is 81.3 Å². The number of aromatic nitrogens is 3.